The van der Waals surface area contributed by atoms with Gasteiger partial charge in [0, 0.05) is 0 Å². The third-order valence-electron chi connectivity index (χ3n) is 9.67. The normalized spacial score (nSPS) is 14.3. The molecular formula is C42H42Cl2Hf2. The first kappa shape index (κ1) is 35.5. The number of allylic oxidation sites excluding steroid dienone is 8. The zero-order valence-corrected chi connectivity index (χ0v) is 36.0. The Morgan fingerprint density at radius 3 is 1.24 bits per heavy atom. The zero-order valence-electron chi connectivity index (χ0n) is 27.3. The third kappa shape index (κ3) is 6.84. The van der Waals surface area contributed by atoms with E-state index < -0.39 is 42.9 Å². The Balaban J connectivity index is 0.000000174. The van der Waals surface area contributed by atoms with Gasteiger partial charge in [-0.15, -0.1) is 0 Å². The number of hydrogen-bond acceptors (Lipinski definition) is 0. The van der Waals surface area contributed by atoms with E-state index in [2.05, 4.69) is 149 Å². The molecule has 4 aliphatic carbocycles. The van der Waals surface area contributed by atoms with Crippen LogP contribution in [0.1, 0.15) is 62.8 Å². The van der Waals surface area contributed by atoms with E-state index in [1.807, 2.05) is 0 Å². The minimum Gasteiger partial charge on any atom is -1.00 e. The molecule has 0 saturated carbocycles. The van der Waals surface area contributed by atoms with E-state index in [1.54, 1.807) is 24.4 Å². The van der Waals surface area contributed by atoms with E-state index in [0.717, 1.165) is 20.2 Å². The van der Waals surface area contributed by atoms with Crippen molar-refractivity contribution >= 4 is 6.64 Å². The van der Waals surface area contributed by atoms with Gasteiger partial charge < -0.3 is 24.8 Å². The summed E-state index contributed by atoms with van der Waals surface area (Å²) >= 11 is -3.94. The summed E-state index contributed by atoms with van der Waals surface area (Å²) in [6.45, 7) is 9.79. The molecule has 0 spiro atoms. The van der Waals surface area contributed by atoms with Gasteiger partial charge in [0.15, 0.2) is 0 Å². The molecule has 0 heterocycles. The van der Waals surface area contributed by atoms with Crippen molar-refractivity contribution < 1.29 is 67.7 Å². The van der Waals surface area contributed by atoms with Crippen molar-refractivity contribution in [1.29, 1.82) is 0 Å². The number of benzene rings is 4. The van der Waals surface area contributed by atoms with Gasteiger partial charge in [0.1, 0.15) is 0 Å². The van der Waals surface area contributed by atoms with Crippen LogP contribution in [-0.4, -0.2) is 0 Å². The van der Waals surface area contributed by atoms with Gasteiger partial charge in [-0.25, -0.2) is 0 Å². The van der Waals surface area contributed by atoms with Crippen LogP contribution in [0.25, 0.3) is 22.3 Å². The molecule has 0 fully saturated rings. The molecule has 46 heavy (non-hydrogen) atoms. The molecule has 4 heteroatoms. The van der Waals surface area contributed by atoms with Crippen LogP contribution < -0.4 is 31.5 Å². The Hall–Kier alpha value is -1.84. The van der Waals surface area contributed by atoms with Gasteiger partial charge in [0.2, 0.25) is 0 Å². The molecule has 0 saturated heterocycles. The zero-order chi connectivity index (χ0) is 30.2. The van der Waals surface area contributed by atoms with Crippen LogP contribution in [0.2, 0.25) is 7.35 Å². The average Bonchev–Trinajstić information content (AvgIpc) is 3.84. The summed E-state index contributed by atoms with van der Waals surface area (Å²) in [6.07, 6.45) is 18.7. The second-order valence-electron chi connectivity index (χ2n) is 13.1. The van der Waals surface area contributed by atoms with E-state index in [-0.39, 0.29) is 24.8 Å². The molecule has 232 valence electrons. The van der Waals surface area contributed by atoms with Crippen molar-refractivity contribution in [2.75, 3.05) is 0 Å². The maximum Gasteiger partial charge on any atom is -1.00 e. The van der Waals surface area contributed by atoms with Crippen LogP contribution in [0.3, 0.4) is 0 Å². The standard InChI is InChI=1S/2C13H9.2C5H5.2C3H7.2ClH.2Hf/c2*1-3-7-12-10(5-1)9-11-6-2-4-8-13(11)12;2*1-2-4-5-3-1;2*1-3-2;;;;/h2*1-5,7-8H,9H2;2*1-3H,4H2;2*3H,1-2H3;2*1H;;/q;;;;;;;;2*+1/p-2. The fraction of sp³-hybridized carbons (Fsp3) is 0.238. The Bertz CT molecular complexity index is 1710. The third-order valence-corrected chi connectivity index (χ3v) is 33.1. The van der Waals surface area contributed by atoms with E-state index in [9.17, 15) is 0 Å². The van der Waals surface area contributed by atoms with Crippen molar-refractivity contribution in [2.45, 2.75) is 60.7 Å². The number of fused-ring (bicyclic) bond motifs is 6. The maximum absolute atomic E-state index is 2.45. The monoisotopic (exact) mass is 976 g/mol. The Kier molecular flexibility index (Phi) is 12.0. The molecule has 0 aliphatic heterocycles. The summed E-state index contributed by atoms with van der Waals surface area (Å²) in [5.74, 6) is 0. The van der Waals surface area contributed by atoms with Crippen LogP contribution in [-0.2, 0) is 55.7 Å². The Labute approximate surface area is 304 Å². The van der Waals surface area contributed by atoms with Gasteiger partial charge in [-0.05, 0) is 0 Å². The predicted octanol–water partition coefficient (Wildman–Crippen LogP) is 4.35. The molecule has 0 aromatic heterocycles. The summed E-state index contributed by atoms with van der Waals surface area (Å²) < 4.78 is 8.75. The van der Waals surface area contributed by atoms with E-state index in [1.165, 1.54) is 46.2 Å². The molecule has 8 rings (SSSR count). The van der Waals surface area contributed by atoms with Crippen molar-refractivity contribution in [1.82, 2.24) is 0 Å². The first-order valence-electron chi connectivity index (χ1n) is 16.4. The average molecular weight is 975 g/mol. The Morgan fingerprint density at radius 2 is 0.870 bits per heavy atom. The molecule has 0 amide bonds. The second kappa shape index (κ2) is 15.6. The van der Waals surface area contributed by atoms with Gasteiger partial charge in [-0.1, -0.05) is 0 Å². The van der Waals surface area contributed by atoms with E-state index >= 15 is 0 Å². The van der Waals surface area contributed by atoms with Crippen LogP contribution in [0, 0.1) is 0 Å². The molecule has 0 unspecified atom stereocenters. The van der Waals surface area contributed by atoms with Crippen molar-refractivity contribution in [3.05, 3.63) is 150 Å². The quantitative estimate of drug-likeness (QED) is 0.218. The number of rotatable bonds is 6. The fourth-order valence-corrected chi connectivity index (χ4v) is 30.4. The predicted molar refractivity (Wildman–Crippen MR) is 183 cm³/mol. The first-order chi connectivity index (χ1) is 21.5. The van der Waals surface area contributed by atoms with Crippen molar-refractivity contribution in [3.63, 3.8) is 0 Å². The topological polar surface area (TPSA) is 0 Å². The van der Waals surface area contributed by atoms with Gasteiger partial charge in [-0.3, -0.25) is 0 Å². The van der Waals surface area contributed by atoms with Gasteiger partial charge in [0.25, 0.3) is 0 Å². The number of halogens is 2. The van der Waals surface area contributed by atoms with Crippen molar-refractivity contribution in [3.8, 4) is 22.3 Å². The van der Waals surface area contributed by atoms with Crippen molar-refractivity contribution in [2.24, 2.45) is 0 Å². The number of hydrogen-bond donors (Lipinski definition) is 0. The minimum atomic E-state index is -1.97. The summed E-state index contributed by atoms with van der Waals surface area (Å²) in [5, 5.41) is 0. The minimum absolute atomic E-state index is 0. The molecule has 0 bridgehead atoms. The van der Waals surface area contributed by atoms with Gasteiger partial charge >= 0.3 is 283 Å². The van der Waals surface area contributed by atoms with Crippen LogP contribution in [0.15, 0.2) is 128 Å². The Morgan fingerprint density at radius 1 is 0.478 bits per heavy atom. The summed E-state index contributed by atoms with van der Waals surface area (Å²) in [7, 11) is 0. The SMILES string of the molecule is C[CH](C)[Hf+]([C]1=CC=CC1)[c]1cccc2c1Cc1ccccc1-2.C[CH](C)[Hf+]([C]1=CC=CC1)[c]1cccc2c1Cc1ccccc1-2.[Cl-].[Cl-]. The van der Waals surface area contributed by atoms with Crippen LogP contribution >= 0.6 is 0 Å². The summed E-state index contributed by atoms with van der Waals surface area (Å²) in [6, 6.07) is 32.0. The van der Waals surface area contributed by atoms with Crippen LogP contribution in [0.5, 0.6) is 0 Å². The van der Waals surface area contributed by atoms with Gasteiger partial charge in [-0.2, -0.15) is 0 Å². The smallest absolute Gasteiger partial charge is 1.00 e. The molecule has 4 aromatic rings. The molecule has 0 atom stereocenters. The van der Waals surface area contributed by atoms with E-state index in [4.69, 9.17) is 0 Å². The maximum atomic E-state index is 2.45. The molecule has 0 nitrogen and oxygen atoms in total. The van der Waals surface area contributed by atoms with Gasteiger partial charge in [0.05, 0.1) is 0 Å². The molecule has 0 radical (unpaired) electrons. The summed E-state index contributed by atoms with van der Waals surface area (Å²) in [5.41, 5.74) is 12.3. The second-order valence-corrected chi connectivity index (χ2v) is 35.8. The summed E-state index contributed by atoms with van der Waals surface area (Å²) in [4.78, 5) is 0. The molecule has 4 aromatic carbocycles. The molecule has 0 N–H and O–H groups in total. The molecule has 4 aliphatic rings. The van der Waals surface area contributed by atoms with Crippen LogP contribution in [0.4, 0.5) is 0 Å². The fourth-order valence-electron chi connectivity index (χ4n) is 7.82. The van der Waals surface area contributed by atoms with E-state index in [0.29, 0.717) is 0 Å². The first-order valence-corrected chi connectivity index (χ1v) is 27.7. The largest absolute Gasteiger partial charge is 1.00 e. The molecular weight excluding hydrogens is 932 g/mol.